The van der Waals surface area contributed by atoms with Gasteiger partial charge in [0.1, 0.15) is 6.54 Å². The van der Waals surface area contributed by atoms with Crippen LogP contribution in [-0.2, 0) is 4.79 Å². The molecule has 21 heavy (non-hydrogen) atoms. The lowest BCUT2D eigenvalue weighted by Gasteiger charge is -2.21. The zero-order chi connectivity index (χ0) is 15.3. The zero-order valence-corrected chi connectivity index (χ0v) is 13.7. The van der Waals surface area contributed by atoms with Gasteiger partial charge in [0.15, 0.2) is 5.96 Å². The van der Waals surface area contributed by atoms with E-state index in [1.807, 2.05) is 13.8 Å². The Hall–Kier alpha value is -1.26. The molecule has 5 heteroatoms. The van der Waals surface area contributed by atoms with Gasteiger partial charge in [0.05, 0.1) is 0 Å². The van der Waals surface area contributed by atoms with Crippen LogP contribution in [0, 0.1) is 5.92 Å². The number of nitrogens with zero attached hydrogens (tertiary/aromatic N) is 1. The second kappa shape index (κ2) is 11.4. The lowest BCUT2D eigenvalue weighted by Crippen LogP contribution is -2.39. The van der Waals surface area contributed by atoms with Gasteiger partial charge in [-0.1, -0.05) is 32.1 Å². The molecule has 122 valence electrons. The third kappa shape index (κ3) is 8.58. The van der Waals surface area contributed by atoms with Crippen LogP contribution in [-0.4, -0.2) is 38.0 Å². The molecule has 3 N–H and O–H groups in total. The van der Waals surface area contributed by atoms with Gasteiger partial charge >= 0.3 is 0 Å². The van der Waals surface area contributed by atoms with Gasteiger partial charge in [-0.15, -0.1) is 0 Å². The Morgan fingerprint density at radius 1 is 1.05 bits per heavy atom. The second-order valence-corrected chi connectivity index (χ2v) is 5.72. The van der Waals surface area contributed by atoms with Gasteiger partial charge in [-0.05, 0) is 32.6 Å². The van der Waals surface area contributed by atoms with Gasteiger partial charge in [0.2, 0.25) is 5.91 Å². The van der Waals surface area contributed by atoms with Gasteiger partial charge in [-0.25, -0.2) is 4.99 Å². The Kier molecular flexibility index (Phi) is 9.66. The van der Waals surface area contributed by atoms with Crippen molar-refractivity contribution in [1.29, 1.82) is 0 Å². The number of nitrogens with one attached hydrogen (secondary N) is 3. The van der Waals surface area contributed by atoms with Gasteiger partial charge < -0.3 is 16.0 Å². The van der Waals surface area contributed by atoms with Crippen LogP contribution in [0.15, 0.2) is 4.99 Å². The van der Waals surface area contributed by atoms with Crippen molar-refractivity contribution in [3.8, 4) is 0 Å². The van der Waals surface area contributed by atoms with Crippen molar-refractivity contribution in [3.05, 3.63) is 0 Å². The molecular weight excluding hydrogens is 264 g/mol. The standard InChI is InChI=1S/C16H32N4O/c1-3-17-15(21)13-20-16(18-4-2)19-12-8-11-14-9-6-5-7-10-14/h14H,3-13H2,1-2H3,(H,17,21)(H2,18,19,20). The highest BCUT2D eigenvalue weighted by atomic mass is 16.1. The Bertz CT molecular complexity index is 311. The van der Waals surface area contributed by atoms with E-state index in [9.17, 15) is 4.79 Å². The maximum atomic E-state index is 11.4. The summed E-state index contributed by atoms with van der Waals surface area (Å²) in [6.07, 6.45) is 9.55. The summed E-state index contributed by atoms with van der Waals surface area (Å²) in [5.41, 5.74) is 0. The van der Waals surface area contributed by atoms with E-state index in [0.29, 0.717) is 6.54 Å². The van der Waals surface area contributed by atoms with Crippen LogP contribution in [0.5, 0.6) is 0 Å². The summed E-state index contributed by atoms with van der Waals surface area (Å²) in [6, 6.07) is 0. The lowest BCUT2D eigenvalue weighted by molar-refractivity contribution is -0.119. The van der Waals surface area contributed by atoms with Crippen LogP contribution in [0.3, 0.4) is 0 Å². The molecule has 1 saturated carbocycles. The Labute approximate surface area is 129 Å². The van der Waals surface area contributed by atoms with Crippen LogP contribution >= 0.6 is 0 Å². The second-order valence-electron chi connectivity index (χ2n) is 5.72. The van der Waals surface area contributed by atoms with Crippen molar-refractivity contribution < 1.29 is 4.79 Å². The number of rotatable bonds is 8. The van der Waals surface area contributed by atoms with E-state index >= 15 is 0 Å². The fourth-order valence-electron chi connectivity index (χ4n) is 2.82. The molecule has 0 aliphatic heterocycles. The van der Waals surface area contributed by atoms with E-state index in [0.717, 1.165) is 25.0 Å². The molecule has 0 aromatic heterocycles. The summed E-state index contributed by atoms with van der Waals surface area (Å²) in [5.74, 6) is 1.64. The molecule has 0 aromatic carbocycles. The zero-order valence-electron chi connectivity index (χ0n) is 13.7. The molecule has 0 unspecified atom stereocenters. The van der Waals surface area contributed by atoms with E-state index in [4.69, 9.17) is 0 Å². The first-order valence-electron chi connectivity index (χ1n) is 8.55. The van der Waals surface area contributed by atoms with Crippen molar-refractivity contribution >= 4 is 11.9 Å². The molecule has 0 atom stereocenters. The van der Waals surface area contributed by atoms with E-state index in [1.165, 1.54) is 44.9 Å². The molecule has 5 nitrogen and oxygen atoms in total. The Morgan fingerprint density at radius 3 is 2.43 bits per heavy atom. The Balaban J connectivity index is 2.20. The van der Waals surface area contributed by atoms with Crippen molar-refractivity contribution in [2.24, 2.45) is 10.9 Å². The molecule has 1 aliphatic carbocycles. The molecule has 0 aromatic rings. The van der Waals surface area contributed by atoms with E-state index in [2.05, 4.69) is 20.9 Å². The summed E-state index contributed by atoms with van der Waals surface area (Å²) in [4.78, 5) is 15.7. The van der Waals surface area contributed by atoms with Crippen LogP contribution in [0.4, 0.5) is 0 Å². The van der Waals surface area contributed by atoms with Gasteiger partial charge in [0.25, 0.3) is 0 Å². The normalized spacial score (nSPS) is 16.6. The summed E-state index contributed by atoms with van der Waals surface area (Å²) in [7, 11) is 0. The molecular formula is C16H32N4O. The van der Waals surface area contributed by atoms with Crippen molar-refractivity contribution in [3.63, 3.8) is 0 Å². The number of carbonyl (C=O) groups excluding carboxylic acids is 1. The molecule has 1 fully saturated rings. The lowest BCUT2D eigenvalue weighted by atomic mass is 9.86. The number of amides is 1. The summed E-state index contributed by atoms with van der Waals surface area (Å²) in [5, 5.41) is 9.25. The average molecular weight is 296 g/mol. The van der Waals surface area contributed by atoms with Crippen LogP contribution in [0.25, 0.3) is 0 Å². The monoisotopic (exact) mass is 296 g/mol. The maximum Gasteiger partial charge on any atom is 0.241 e. The first-order chi connectivity index (χ1) is 10.3. The molecule has 0 saturated heterocycles. The summed E-state index contributed by atoms with van der Waals surface area (Å²) >= 11 is 0. The predicted molar refractivity (Wildman–Crippen MR) is 88.5 cm³/mol. The molecule has 0 radical (unpaired) electrons. The van der Waals surface area contributed by atoms with Crippen molar-refractivity contribution in [2.45, 2.75) is 58.8 Å². The summed E-state index contributed by atoms with van der Waals surface area (Å²) < 4.78 is 0. The number of aliphatic imine (C=N–C) groups is 1. The molecule has 0 bridgehead atoms. The number of likely N-dealkylation sites (N-methyl/N-ethyl adjacent to an activating group) is 1. The van der Waals surface area contributed by atoms with Crippen molar-refractivity contribution in [1.82, 2.24) is 16.0 Å². The quantitative estimate of drug-likeness (QED) is 0.365. The minimum Gasteiger partial charge on any atom is -0.357 e. The fraction of sp³-hybridized carbons (Fsp3) is 0.875. The minimum absolute atomic E-state index is 0.0306. The maximum absolute atomic E-state index is 11.4. The van der Waals surface area contributed by atoms with Crippen LogP contribution in [0.2, 0.25) is 0 Å². The van der Waals surface area contributed by atoms with Crippen LogP contribution in [0.1, 0.15) is 58.8 Å². The summed E-state index contributed by atoms with van der Waals surface area (Å²) in [6.45, 7) is 6.52. The number of hydrogen-bond acceptors (Lipinski definition) is 2. The molecule has 1 amide bonds. The van der Waals surface area contributed by atoms with Gasteiger partial charge in [-0.2, -0.15) is 0 Å². The highest BCUT2D eigenvalue weighted by Crippen LogP contribution is 2.26. The molecule has 0 spiro atoms. The van der Waals surface area contributed by atoms with E-state index in [1.54, 1.807) is 0 Å². The highest BCUT2D eigenvalue weighted by molar-refractivity contribution is 5.84. The van der Waals surface area contributed by atoms with Gasteiger partial charge in [0, 0.05) is 19.6 Å². The minimum atomic E-state index is -0.0306. The Morgan fingerprint density at radius 2 is 1.76 bits per heavy atom. The van der Waals surface area contributed by atoms with Gasteiger partial charge in [-0.3, -0.25) is 4.79 Å². The third-order valence-corrected chi connectivity index (χ3v) is 3.91. The first-order valence-corrected chi connectivity index (χ1v) is 8.55. The molecule has 1 rings (SSSR count). The third-order valence-electron chi connectivity index (χ3n) is 3.91. The predicted octanol–water partition coefficient (Wildman–Crippen LogP) is 2.04. The van der Waals surface area contributed by atoms with Crippen LogP contribution < -0.4 is 16.0 Å². The average Bonchev–Trinajstić information content (AvgIpc) is 2.50. The number of hydrogen-bond donors (Lipinski definition) is 3. The highest BCUT2D eigenvalue weighted by Gasteiger charge is 2.12. The SMILES string of the molecule is CCNC(=O)CN=C(NCC)NCCCC1CCCCC1. The number of carbonyl (C=O) groups is 1. The van der Waals surface area contributed by atoms with E-state index < -0.39 is 0 Å². The van der Waals surface area contributed by atoms with E-state index in [-0.39, 0.29) is 12.5 Å². The first kappa shape index (κ1) is 17.8. The molecule has 1 aliphatic rings. The number of guanidine groups is 1. The van der Waals surface area contributed by atoms with Crippen molar-refractivity contribution in [2.75, 3.05) is 26.2 Å². The topological polar surface area (TPSA) is 65.5 Å². The molecule has 0 heterocycles. The smallest absolute Gasteiger partial charge is 0.241 e. The largest absolute Gasteiger partial charge is 0.357 e. The fourth-order valence-corrected chi connectivity index (χ4v) is 2.82.